The molecule has 1 aliphatic rings. The third kappa shape index (κ3) is 3.83. The van der Waals surface area contributed by atoms with Gasteiger partial charge in [0, 0.05) is 13.5 Å². The highest BCUT2D eigenvalue weighted by atomic mass is 16.4. The molecule has 0 saturated heterocycles. The van der Waals surface area contributed by atoms with Gasteiger partial charge in [0.2, 0.25) is 5.76 Å². The summed E-state index contributed by atoms with van der Waals surface area (Å²) in [7, 11) is 0. The lowest BCUT2D eigenvalue weighted by Gasteiger charge is -2.36. The summed E-state index contributed by atoms with van der Waals surface area (Å²) in [5.74, 6) is -0.453. The Kier molecular flexibility index (Phi) is 4.65. The number of carboxylic acid groups (broad SMARTS) is 1. The van der Waals surface area contributed by atoms with Gasteiger partial charge in [-0.2, -0.15) is 0 Å². The molecule has 1 amide bonds. The van der Waals surface area contributed by atoms with Gasteiger partial charge in [-0.1, -0.05) is 19.3 Å². The average molecular weight is 294 g/mol. The Labute approximate surface area is 123 Å². The number of aliphatic carboxylic acids is 1. The SMILES string of the molecule is Cc1nc(C)c(C(=O)NCC2(CC(=O)O)CCCCC2)o1. The topological polar surface area (TPSA) is 92.4 Å². The predicted octanol–water partition coefficient (Wildman–Crippen LogP) is 2.45. The third-order valence-electron chi connectivity index (χ3n) is 4.17. The predicted molar refractivity (Wildman–Crippen MR) is 76.1 cm³/mol. The number of aromatic nitrogens is 1. The van der Waals surface area contributed by atoms with Crippen LogP contribution in [-0.4, -0.2) is 28.5 Å². The van der Waals surface area contributed by atoms with Gasteiger partial charge in [-0.05, 0) is 25.2 Å². The number of carbonyl (C=O) groups excluding carboxylic acids is 1. The molecule has 2 rings (SSSR count). The number of nitrogens with one attached hydrogen (secondary N) is 1. The number of hydrogen-bond acceptors (Lipinski definition) is 4. The highest BCUT2D eigenvalue weighted by Gasteiger charge is 2.35. The van der Waals surface area contributed by atoms with E-state index in [9.17, 15) is 9.59 Å². The molecular weight excluding hydrogens is 272 g/mol. The van der Waals surface area contributed by atoms with Gasteiger partial charge in [-0.15, -0.1) is 0 Å². The van der Waals surface area contributed by atoms with Gasteiger partial charge < -0.3 is 14.8 Å². The van der Waals surface area contributed by atoms with E-state index in [4.69, 9.17) is 9.52 Å². The minimum Gasteiger partial charge on any atom is -0.481 e. The highest BCUT2D eigenvalue weighted by Crippen LogP contribution is 2.38. The maximum absolute atomic E-state index is 12.2. The van der Waals surface area contributed by atoms with E-state index in [1.165, 1.54) is 0 Å². The lowest BCUT2D eigenvalue weighted by atomic mass is 9.71. The Morgan fingerprint density at radius 3 is 2.48 bits per heavy atom. The lowest BCUT2D eigenvalue weighted by molar-refractivity contribution is -0.140. The van der Waals surface area contributed by atoms with E-state index >= 15 is 0 Å². The van der Waals surface area contributed by atoms with E-state index < -0.39 is 5.97 Å². The normalized spacial score (nSPS) is 17.4. The van der Waals surface area contributed by atoms with Crippen LogP contribution in [0.1, 0.15) is 60.7 Å². The quantitative estimate of drug-likeness (QED) is 0.870. The first-order valence-electron chi connectivity index (χ1n) is 7.36. The van der Waals surface area contributed by atoms with Crippen LogP contribution in [0.4, 0.5) is 0 Å². The average Bonchev–Trinajstić information content (AvgIpc) is 2.75. The van der Waals surface area contributed by atoms with Crippen molar-refractivity contribution in [3.63, 3.8) is 0 Å². The van der Waals surface area contributed by atoms with Crippen LogP contribution in [0.2, 0.25) is 0 Å². The smallest absolute Gasteiger partial charge is 0.303 e. The molecule has 1 saturated carbocycles. The number of nitrogens with zero attached hydrogens (tertiary/aromatic N) is 1. The molecule has 0 aliphatic heterocycles. The number of carboxylic acids is 1. The first-order valence-corrected chi connectivity index (χ1v) is 7.36. The summed E-state index contributed by atoms with van der Waals surface area (Å²) in [6.07, 6.45) is 4.95. The molecular formula is C15H22N2O4. The maximum atomic E-state index is 12.2. The number of rotatable bonds is 5. The minimum atomic E-state index is -0.808. The molecule has 6 heteroatoms. The van der Waals surface area contributed by atoms with Crippen molar-refractivity contribution in [2.75, 3.05) is 6.54 Å². The van der Waals surface area contributed by atoms with Gasteiger partial charge in [-0.3, -0.25) is 9.59 Å². The Bertz CT molecular complexity index is 530. The van der Waals surface area contributed by atoms with Crippen molar-refractivity contribution in [1.29, 1.82) is 0 Å². The van der Waals surface area contributed by atoms with Crippen molar-refractivity contribution in [3.05, 3.63) is 17.3 Å². The van der Waals surface area contributed by atoms with E-state index in [-0.39, 0.29) is 23.5 Å². The minimum absolute atomic E-state index is 0.0989. The fourth-order valence-electron chi connectivity index (χ4n) is 3.13. The van der Waals surface area contributed by atoms with E-state index in [1.807, 2.05) is 0 Å². The van der Waals surface area contributed by atoms with Crippen molar-refractivity contribution >= 4 is 11.9 Å². The molecule has 116 valence electrons. The van der Waals surface area contributed by atoms with E-state index in [0.29, 0.717) is 18.1 Å². The summed E-state index contributed by atoms with van der Waals surface area (Å²) < 4.78 is 5.29. The molecule has 1 heterocycles. The fraction of sp³-hybridized carbons (Fsp3) is 0.667. The van der Waals surface area contributed by atoms with Gasteiger partial charge in [0.25, 0.3) is 5.91 Å². The Morgan fingerprint density at radius 2 is 1.95 bits per heavy atom. The van der Waals surface area contributed by atoms with Crippen molar-refractivity contribution in [2.24, 2.45) is 5.41 Å². The second-order valence-electron chi connectivity index (χ2n) is 5.96. The first kappa shape index (κ1) is 15.5. The molecule has 21 heavy (non-hydrogen) atoms. The van der Waals surface area contributed by atoms with Gasteiger partial charge in [0.1, 0.15) is 0 Å². The van der Waals surface area contributed by atoms with Crippen molar-refractivity contribution < 1.29 is 19.1 Å². The van der Waals surface area contributed by atoms with Gasteiger partial charge in [0.15, 0.2) is 5.89 Å². The molecule has 1 aromatic rings. The molecule has 2 N–H and O–H groups in total. The second kappa shape index (κ2) is 6.28. The van der Waals surface area contributed by atoms with Gasteiger partial charge in [-0.25, -0.2) is 4.98 Å². The van der Waals surface area contributed by atoms with Crippen LogP contribution < -0.4 is 5.32 Å². The maximum Gasteiger partial charge on any atom is 0.303 e. The van der Waals surface area contributed by atoms with Crippen LogP contribution in [0.15, 0.2) is 4.42 Å². The number of amides is 1. The van der Waals surface area contributed by atoms with Gasteiger partial charge in [0.05, 0.1) is 12.1 Å². The van der Waals surface area contributed by atoms with Gasteiger partial charge >= 0.3 is 5.97 Å². The number of oxazole rings is 1. The first-order chi connectivity index (χ1) is 9.92. The molecule has 0 atom stereocenters. The van der Waals surface area contributed by atoms with E-state index in [1.54, 1.807) is 13.8 Å². The molecule has 0 bridgehead atoms. The summed E-state index contributed by atoms with van der Waals surface area (Å²) in [5.41, 5.74) is 0.226. The van der Waals surface area contributed by atoms with E-state index in [0.717, 1.165) is 32.1 Å². The molecule has 6 nitrogen and oxygen atoms in total. The second-order valence-corrected chi connectivity index (χ2v) is 5.96. The van der Waals surface area contributed by atoms with Crippen molar-refractivity contribution in [3.8, 4) is 0 Å². The molecule has 1 aromatic heterocycles. The van der Waals surface area contributed by atoms with Crippen LogP contribution >= 0.6 is 0 Å². The summed E-state index contributed by atoms with van der Waals surface area (Å²) in [6.45, 7) is 3.78. The van der Waals surface area contributed by atoms with Crippen LogP contribution in [0.3, 0.4) is 0 Å². The molecule has 0 radical (unpaired) electrons. The summed E-state index contributed by atoms with van der Waals surface area (Å²) in [5, 5.41) is 12.0. The van der Waals surface area contributed by atoms with Crippen molar-refractivity contribution in [2.45, 2.75) is 52.4 Å². The van der Waals surface area contributed by atoms with Crippen LogP contribution in [-0.2, 0) is 4.79 Å². The number of carbonyl (C=O) groups is 2. The van der Waals surface area contributed by atoms with Crippen LogP contribution in [0.25, 0.3) is 0 Å². The van der Waals surface area contributed by atoms with Crippen LogP contribution in [0, 0.1) is 19.3 Å². The fourth-order valence-corrected chi connectivity index (χ4v) is 3.13. The lowest BCUT2D eigenvalue weighted by Crippen LogP contribution is -2.40. The summed E-state index contributed by atoms with van der Waals surface area (Å²) in [4.78, 5) is 27.3. The molecule has 0 unspecified atom stereocenters. The Morgan fingerprint density at radius 1 is 1.29 bits per heavy atom. The number of aryl methyl sites for hydroxylation is 2. The molecule has 1 aliphatic carbocycles. The standard InChI is InChI=1S/C15H22N2O4/c1-10-13(21-11(2)17-10)14(20)16-9-15(8-12(18)19)6-4-3-5-7-15/h3-9H2,1-2H3,(H,16,20)(H,18,19). The summed E-state index contributed by atoms with van der Waals surface area (Å²) >= 11 is 0. The molecule has 0 spiro atoms. The summed E-state index contributed by atoms with van der Waals surface area (Å²) in [6, 6.07) is 0. The van der Waals surface area contributed by atoms with Crippen molar-refractivity contribution in [1.82, 2.24) is 10.3 Å². The zero-order valence-electron chi connectivity index (χ0n) is 12.6. The Hall–Kier alpha value is -1.85. The molecule has 0 aromatic carbocycles. The zero-order chi connectivity index (χ0) is 15.5. The van der Waals surface area contributed by atoms with E-state index in [2.05, 4.69) is 10.3 Å². The number of hydrogen-bond donors (Lipinski definition) is 2. The molecule has 1 fully saturated rings. The third-order valence-corrected chi connectivity index (χ3v) is 4.17. The largest absolute Gasteiger partial charge is 0.481 e. The van der Waals surface area contributed by atoms with Crippen LogP contribution in [0.5, 0.6) is 0 Å². The zero-order valence-corrected chi connectivity index (χ0v) is 12.6. The highest BCUT2D eigenvalue weighted by molar-refractivity contribution is 5.92. The monoisotopic (exact) mass is 294 g/mol. The Balaban J connectivity index is 2.02.